The van der Waals surface area contributed by atoms with Crippen molar-refractivity contribution in [3.63, 3.8) is 0 Å². The van der Waals surface area contributed by atoms with Crippen LogP contribution in [0.5, 0.6) is 0 Å². The van der Waals surface area contributed by atoms with Crippen molar-refractivity contribution < 1.29 is 14.3 Å². The van der Waals surface area contributed by atoms with Gasteiger partial charge in [-0.2, -0.15) is 0 Å². The van der Waals surface area contributed by atoms with E-state index < -0.39 is 11.9 Å². The second-order valence-electron chi connectivity index (χ2n) is 7.70. The number of ether oxygens (including phenoxy) is 1. The molecule has 0 saturated heterocycles. The van der Waals surface area contributed by atoms with Gasteiger partial charge in [-0.25, -0.2) is 0 Å². The number of nitrogens with one attached hydrogen (secondary N) is 2. The number of rotatable bonds is 2. The number of fused-ring (bicyclic) bond motifs is 1. The Morgan fingerprint density at radius 1 is 1.17 bits per heavy atom. The molecule has 1 heterocycles. The summed E-state index contributed by atoms with van der Waals surface area (Å²) < 4.78 is 5.93. The van der Waals surface area contributed by atoms with Crippen molar-refractivity contribution in [2.75, 3.05) is 17.7 Å². The van der Waals surface area contributed by atoms with E-state index in [1.165, 1.54) is 7.11 Å². The van der Waals surface area contributed by atoms with Gasteiger partial charge in [0.15, 0.2) is 5.78 Å². The Morgan fingerprint density at radius 3 is 2.59 bits per heavy atom. The SMILES string of the molecule is COC(=O)[C@@H]1C(=O)C2=C(C[C@H]1C)Nc1ccccc1N[C@H]2c1ccc(C)c(Br)c1. The molecule has 3 atom stereocenters. The van der Waals surface area contributed by atoms with Gasteiger partial charge in [0.2, 0.25) is 0 Å². The van der Waals surface area contributed by atoms with Gasteiger partial charge in [0.1, 0.15) is 5.92 Å². The molecule has 4 rings (SSSR count). The van der Waals surface area contributed by atoms with Gasteiger partial charge in [-0.3, -0.25) is 9.59 Å². The highest BCUT2D eigenvalue weighted by Crippen LogP contribution is 2.44. The summed E-state index contributed by atoms with van der Waals surface area (Å²) in [5.74, 6) is -1.59. The molecule has 6 heteroatoms. The molecule has 2 aromatic rings. The van der Waals surface area contributed by atoms with Crippen LogP contribution in [-0.4, -0.2) is 18.9 Å². The van der Waals surface area contributed by atoms with Crippen LogP contribution in [0.2, 0.25) is 0 Å². The normalized spacial score (nSPS) is 23.3. The van der Waals surface area contributed by atoms with Crippen LogP contribution in [0.3, 0.4) is 0 Å². The zero-order valence-corrected chi connectivity index (χ0v) is 18.2. The highest BCUT2D eigenvalue weighted by Gasteiger charge is 2.44. The lowest BCUT2D eigenvalue weighted by atomic mass is 9.75. The zero-order chi connectivity index (χ0) is 20.7. The third-order valence-electron chi connectivity index (χ3n) is 5.75. The second-order valence-corrected chi connectivity index (χ2v) is 8.55. The van der Waals surface area contributed by atoms with Crippen LogP contribution in [0.1, 0.15) is 30.5 Å². The quantitative estimate of drug-likeness (QED) is 0.494. The fraction of sp³-hybridized carbons (Fsp3) is 0.304. The maximum absolute atomic E-state index is 13.6. The van der Waals surface area contributed by atoms with Crippen molar-refractivity contribution in [2.45, 2.75) is 26.3 Å². The Kier molecular flexibility index (Phi) is 5.21. The van der Waals surface area contributed by atoms with Crippen LogP contribution in [0.4, 0.5) is 11.4 Å². The number of allylic oxidation sites excluding steroid dienone is 1. The van der Waals surface area contributed by atoms with Crippen molar-refractivity contribution >= 4 is 39.1 Å². The minimum atomic E-state index is -0.792. The first-order chi connectivity index (χ1) is 13.9. The van der Waals surface area contributed by atoms with E-state index >= 15 is 0 Å². The monoisotopic (exact) mass is 454 g/mol. The van der Waals surface area contributed by atoms with Gasteiger partial charge in [-0.05, 0) is 48.6 Å². The molecular weight excluding hydrogens is 432 g/mol. The van der Waals surface area contributed by atoms with Gasteiger partial charge < -0.3 is 15.4 Å². The van der Waals surface area contributed by atoms with Crippen molar-refractivity contribution in [2.24, 2.45) is 11.8 Å². The molecule has 1 aliphatic carbocycles. The molecule has 1 aliphatic heterocycles. The molecule has 0 radical (unpaired) electrons. The van der Waals surface area contributed by atoms with E-state index in [1.54, 1.807) is 0 Å². The third kappa shape index (κ3) is 3.46. The molecule has 0 fully saturated rings. The minimum Gasteiger partial charge on any atom is -0.468 e. The summed E-state index contributed by atoms with van der Waals surface area (Å²) in [4.78, 5) is 26.0. The maximum atomic E-state index is 13.6. The fourth-order valence-corrected chi connectivity index (χ4v) is 4.57. The van der Waals surface area contributed by atoms with Gasteiger partial charge in [-0.15, -0.1) is 0 Å². The summed E-state index contributed by atoms with van der Waals surface area (Å²) in [7, 11) is 1.33. The molecule has 0 spiro atoms. The number of aryl methyl sites for hydroxylation is 1. The number of hydrogen-bond donors (Lipinski definition) is 2. The van der Waals surface area contributed by atoms with Crippen molar-refractivity contribution in [1.82, 2.24) is 0 Å². The lowest BCUT2D eigenvalue weighted by Crippen LogP contribution is -2.39. The van der Waals surface area contributed by atoms with Crippen LogP contribution in [0.25, 0.3) is 0 Å². The summed E-state index contributed by atoms with van der Waals surface area (Å²) in [6.45, 7) is 3.95. The van der Waals surface area contributed by atoms with Gasteiger partial charge in [0.25, 0.3) is 0 Å². The third-order valence-corrected chi connectivity index (χ3v) is 6.61. The molecule has 2 N–H and O–H groups in total. The van der Waals surface area contributed by atoms with Crippen LogP contribution < -0.4 is 10.6 Å². The molecule has 0 aromatic heterocycles. The first-order valence-electron chi connectivity index (χ1n) is 9.64. The predicted molar refractivity (Wildman–Crippen MR) is 117 cm³/mol. The lowest BCUT2D eigenvalue weighted by molar-refractivity contribution is -0.151. The Morgan fingerprint density at radius 2 is 1.90 bits per heavy atom. The van der Waals surface area contributed by atoms with E-state index in [2.05, 4.69) is 26.6 Å². The van der Waals surface area contributed by atoms with Gasteiger partial charge in [0, 0.05) is 15.7 Å². The van der Waals surface area contributed by atoms with Crippen molar-refractivity contribution in [3.05, 3.63) is 69.3 Å². The van der Waals surface area contributed by atoms with Crippen molar-refractivity contribution in [3.8, 4) is 0 Å². The number of halogens is 1. The van der Waals surface area contributed by atoms with E-state index in [1.807, 2.05) is 56.3 Å². The van der Waals surface area contributed by atoms with Crippen LogP contribution in [0.15, 0.2) is 58.2 Å². The summed E-state index contributed by atoms with van der Waals surface area (Å²) >= 11 is 3.60. The highest BCUT2D eigenvalue weighted by molar-refractivity contribution is 9.10. The predicted octanol–water partition coefficient (Wildman–Crippen LogP) is 4.99. The summed E-state index contributed by atoms with van der Waals surface area (Å²) in [6, 6.07) is 13.6. The Hall–Kier alpha value is -2.60. The zero-order valence-electron chi connectivity index (χ0n) is 16.6. The fourth-order valence-electron chi connectivity index (χ4n) is 4.17. The molecule has 150 valence electrons. The van der Waals surface area contributed by atoms with Crippen LogP contribution in [0, 0.1) is 18.8 Å². The lowest BCUT2D eigenvalue weighted by Gasteiger charge is -2.32. The number of carbonyl (C=O) groups excluding carboxylic acids is 2. The van der Waals surface area contributed by atoms with E-state index in [4.69, 9.17) is 4.74 Å². The molecule has 0 unspecified atom stereocenters. The number of carbonyl (C=O) groups is 2. The maximum Gasteiger partial charge on any atom is 0.316 e. The number of anilines is 2. The van der Waals surface area contributed by atoms with E-state index in [9.17, 15) is 9.59 Å². The summed E-state index contributed by atoms with van der Waals surface area (Å²) in [5, 5.41) is 6.99. The number of hydrogen-bond acceptors (Lipinski definition) is 5. The van der Waals surface area contributed by atoms with E-state index in [-0.39, 0.29) is 17.7 Å². The number of methoxy groups -OCH3 is 1. The Labute approximate surface area is 178 Å². The van der Waals surface area contributed by atoms with E-state index in [0.29, 0.717) is 12.0 Å². The van der Waals surface area contributed by atoms with Crippen molar-refractivity contribution in [1.29, 1.82) is 0 Å². The average molecular weight is 455 g/mol. The Balaban J connectivity index is 1.89. The molecule has 0 saturated carbocycles. The summed E-state index contributed by atoms with van der Waals surface area (Å²) in [5.41, 5.74) is 5.38. The average Bonchev–Trinajstić information content (AvgIpc) is 2.86. The van der Waals surface area contributed by atoms with Gasteiger partial charge >= 0.3 is 5.97 Å². The van der Waals surface area contributed by atoms with Crippen LogP contribution in [-0.2, 0) is 14.3 Å². The largest absolute Gasteiger partial charge is 0.468 e. The van der Waals surface area contributed by atoms with Gasteiger partial charge in [-0.1, -0.05) is 47.1 Å². The molecule has 2 aliphatic rings. The topological polar surface area (TPSA) is 67.4 Å². The smallest absolute Gasteiger partial charge is 0.316 e. The number of para-hydroxylation sites is 2. The second kappa shape index (κ2) is 7.67. The first kappa shape index (κ1) is 19.7. The number of benzene rings is 2. The van der Waals surface area contributed by atoms with E-state index in [0.717, 1.165) is 32.7 Å². The summed E-state index contributed by atoms with van der Waals surface area (Å²) in [6.07, 6.45) is 0.598. The molecular formula is C23H23BrN2O3. The molecule has 0 amide bonds. The Bertz CT molecular complexity index is 1030. The minimum absolute atomic E-state index is 0.142. The molecule has 29 heavy (non-hydrogen) atoms. The number of ketones is 1. The molecule has 5 nitrogen and oxygen atoms in total. The molecule has 2 aromatic carbocycles. The standard InChI is InChI=1S/C23H23BrN2O3/c1-12-8-9-14(11-15(12)24)21-20-18(25-16-6-4-5-7-17(16)26-21)10-13(2)19(22(20)27)23(28)29-3/h4-9,11,13,19,21,25-26H,10H2,1-3H3/t13-,19+,21+/m1/s1. The van der Waals surface area contributed by atoms with Gasteiger partial charge in [0.05, 0.1) is 24.5 Å². The number of esters is 1. The first-order valence-corrected chi connectivity index (χ1v) is 10.4. The number of Topliss-reactive ketones (excluding diaryl/α,β-unsaturated/α-hetero) is 1. The van der Waals surface area contributed by atoms with Crippen LogP contribution >= 0.6 is 15.9 Å². The highest BCUT2D eigenvalue weighted by atomic mass is 79.9. The molecule has 0 bridgehead atoms.